The topological polar surface area (TPSA) is 84.9 Å². The highest BCUT2D eigenvalue weighted by Gasteiger charge is 2.35. The number of hydrogen-bond donors (Lipinski definition) is 3. The molecule has 3 rings (SSSR count). The van der Waals surface area contributed by atoms with Crippen LogP contribution in [0.2, 0.25) is 0 Å². The first-order valence-corrected chi connectivity index (χ1v) is 10.4. The van der Waals surface area contributed by atoms with Gasteiger partial charge in [-0.1, -0.05) is 36.4 Å². The van der Waals surface area contributed by atoms with Crippen molar-refractivity contribution < 1.29 is 32.9 Å². The van der Waals surface area contributed by atoms with E-state index in [0.717, 1.165) is 6.07 Å². The molecule has 0 aliphatic carbocycles. The molecule has 0 fully saturated rings. The third kappa shape index (κ3) is 6.95. The van der Waals surface area contributed by atoms with Crippen molar-refractivity contribution in [1.82, 2.24) is 0 Å². The Bertz CT molecular complexity index is 1040. The molecule has 0 bridgehead atoms. The molecule has 3 aromatic rings. The molecule has 0 spiro atoms. The normalized spacial score (nSPS) is 11.9. The molecular formula is C25H26F3NO4. The van der Waals surface area contributed by atoms with Crippen LogP contribution in [0, 0.1) is 0 Å². The molecule has 0 aromatic heterocycles. The van der Waals surface area contributed by atoms with Crippen molar-refractivity contribution in [3.63, 3.8) is 0 Å². The SMILES string of the molecule is NC(CO)(CO)CCc1ccc(OCc2cccc(Oc3ccccc3)c2)c(C(F)(F)F)c1. The van der Waals surface area contributed by atoms with Crippen LogP contribution in [0.3, 0.4) is 0 Å². The Labute approximate surface area is 190 Å². The second-order valence-corrected chi connectivity index (χ2v) is 7.86. The van der Waals surface area contributed by atoms with E-state index in [1.165, 1.54) is 12.1 Å². The van der Waals surface area contributed by atoms with Gasteiger partial charge >= 0.3 is 6.18 Å². The van der Waals surface area contributed by atoms with Gasteiger partial charge in [0.05, 0.1) is 24.3 Å². The molecule has 8 heteroatoms. The van der Waals surface area contributed by atoms with Crippen LogP contribution in [0.15, 0.2) is 72.8 Å². The highest BCUT2D eigenvalue weighted by molar-refractivity contribution is 5.40. The minimum absolute atomic E-state index is 0.0741. The zero-order valence-electron chi connectivity index (χ0n) is 17.9. The van der Waals surface area contributed by atoms with Crippen LogP contribution >= 0.6 is 0 Å². The number of halogens is 3. The molecule has 0 saturated carbocycles. The maximum absolute atomic E-state index is 13.7. The van der Waals surface area contributed by atoms with Gasteiger partial charge in [0.15, 0.2) is 0 Å². The number of hydrogen-bond acceptors (Lipinski definition) is 5. The highest BCUT2D eigenvalue weighted by atomic mass is 19.4. The van der Waals surface area contributed by atoms with Crippen molar-refractivity contribution >= 4 is 0 Å². The smallest absolute Gasteiger partial charge is 0.419 e. The Balaban J connectivity index is 1.72. The quantitative estimate of drug-likeness (QED) is 0.408. The van der Waals surface area contributed by atoms with Crippen molar-refractivity contribution in [1.29, 1.82) is 0 Å². The molecule has 0 radical (unpaired) electrons. The van der Waals surface area contributed by atoms with E-state index in [2.05, 4.69) is 0 Å². The number of benzene rings is 3. The summed E-state index contributed by atoms with van der Waals surface area (Å²) in [6.07, 6.45) is -4.32. The Morgan fingerprint density at radius 2 is 1.48 bits per heavy atom. The highest BCUT2D eigenvalue weighted by Crippen LogP contribution is 2.37. The van der Waals surface area contributed by atoms with E-state index in [1.54, 1.807) is 36.4 Å². The maximum atomic E-state index is 13.7. The molecule has 176 valence electrons. The summed E-state index contributed by atoms with van der Waals surface area (Å²) in [6, 6.07) is 19.9. The summed E-state index contributed by atoms with van der Waals surface area (Å²) in [5, 5.41) is 18.6. The minimum atomic E-state index is -4.61. The van der Waals surface area contributed by atoms with Gasteiger partial charge in [-0.05, 0) is 60.4 Å². The van der Waals surface area contributed by atoms with Gasteiger partial charge in [0, 0.05) is 0 Å². The third-order valence-electron chi connectivity index (χ3n) is 5.16. The van der Waals surface area contributed by atoms with E-state index in [0.29, 0.717) is 22.6 Å². The molecular weight excluding hydrogens is 435 g/mol. The summed E-state index contributed by atoms with van der Waals surface area (Å²) < 4.78 is 52.3. The van der Waals surface area contributed by atoms with Gasteiger partial charge in [0.2, 0.25) is 0 Å². The lowest BCUT2D eigenvalue weighted by atomic mass is 9.93. The number of ether oxygens (including phenoxy) is 2. The van der Waals surface area contributed by atoms with Gasteiger partial charge in [0.25, 0.3) is 0 Å². The first-order valence-electron chi connectivity index (χ1n) is 10.4. The summed E-state index contributed by atoms with van der Waals surface area (Å²) in [5.41, 5.74) is 4.70. The standard InChI is InChI=1S/C25H26F3NO4/c26-25(27,28)22-14-18(11-12-24(29,16-30)17-31)9-10-23(22)32-15-19-5-4-8-21(13-19)33-20-6-2-1-3-7-20/h1-10,13-14,30-31H,11-12,15-17,29H2. The van der Waals surface area contributed by atoms with Gasteiger partial charge in [-0.3, -0.25) is 0 Å². The zero-order chi connectivity index (χ0) is 23.9. The summed E-state index contributed by atoms with van der Waals surface area (Å²) >= 11 is 0. The summed E-state index contributed by atoms with van der Waals surface area (Å²) in [5.74, 6) is 0.907. The number of nitrogens with two attached hydrogens (primary N) is 1. The fourth-order valence-electron chi connectivity index (χ4n) is 3.17. The second kappa shape index (κ2) is 10.7. The van der Waals surface area contributed by atoms with Crippen molar-refractivity contribution in [3.05, 3.63) is 89.5 Å². The first kappa shape index (κ1) is 24.6. The first-order chi connectivity index (χ1) is 15.7. The molecule has 0 aliphatic rings. The Hall–Kier alpha value is -3.07. The Morgan fingerprint density at radius 1 is 0.788 bits per heavy atom. The molecule has 5 nitrogen and oxygen atoms in total. The van der Waals surface area contributed by atoms with Crippen molar-refractivity contribution in [3.8, 4) is 17.2 Å². The average molecular weight is 461 g/mol. The van der Waals surface area contributed by atoms with Gasteiger partial charge < -0.3 is 25.4 Å². The lowest BCUT2D eigenvalue weighted by Gasteiger charge is -2.24. The lowest BCUT2D eigenvalue weighted by molar-refractivity contribution is -0.139. The van der Waals surface area contributed by atoms with Gasteiger partial charge in [-0.2, -0.15) is 13.2 Å². The molecule has 0 unspecified atom stereocenters. The number of aliphatic hydroxyl groups is 2. The Kier molecular flexibility index (Phi) is 7.97. The molecule has 0 heterocycles. The fraction of sp³-hybridized carbons (Fsp3) is 0.280. The number of para-hydroxylation sites is 1. The largest absolute Gasteiger partial charge is 0.488 e. The molecule has 0 atom stereocenters. The van der Waals surface area contributed by atoms with E-state index in [4.69, 9.17) is 15.2 Å². The molecule has 4 N–H and O–H groups in total. The summed E-state index contributed by atoms with van der Waals surface area (Å²) in [4.78, 5) is 0. The fourth-order valence-corrected chi connectivity index (χ4v) is 3.17. The Morgan fingerprint density at radius 3 is 2.15 bits per heavy atom. The van der Waals surface area contributed by atoms with Crippen molar-refractivity contribution in [2.24, 2.45) is 5.73 Å². The molecule has 0 amide bonds. The van der Waals surface area contributed by atoms with Crippen molar-refractivity contribution in [2.45, 2.75) is 31.2 Å². The van der Waals surface area contributed by atoms with Crippen LogP contribution in [0.25, 0.3) is 0 Å². The van der Waals surface area contributed by atoms with Crippen LogP contribution < -0.4 is 15.2 Å². The van der Waals surface area contributed by atoms with Crippen LogP contribution in [0.1, 0.15) is 23.1 Å². The predicted molar refractivity (Wildman–Crippen MR) is 118 cm³/mol. The second-order valence-electron chi connectivity index (χ2n) is 7.86. The van der Waals surface area contributed by atoms with E-state index in [1.807, 2.05) is 18.2 Å². The van der Waals surface area contributed by atoms with E-state index in [-0.39, 0.29) is 25.2 Å². The maximum Gasteiger partial charge on any atom is 0.419 e. The van der Waals surface area contributed by atoms with Crippen molar-refractivity contribution in [2.75, 3.05) is 13.2 Å². The summed E-state index contributed by atoms with van der Waals surface area (Å²) in [6.45, 7) is -1.01. The van der Waals surface area contributed by atoms with Crippen LogP contribution in [0.4, 0.5) is 13.2 Å². The van der Waals surface area contributed by atoms with E-state index < -0.39 is 30.5 Å². The molecule has 0 aliphatic heterocycles. The number of aliphatic hydroxyl groups excluding tert-OH is 2. The average Bonchev–Trinajstić information content (AvgIpc) is 2.82. The van der Waals surface area contributed by atoms with Crippen LogP contribution in [0.5, 0.6) is 17.2 Å². The zero-order valence-corrected chi connectivity index (χ0v) is 17.9. The molecule has 33 heavy (non-hydrogen) atoms. The number of alkyl halides is 3. The van der Waals surface area contributed by atoms with E-state index in [9.17, 15) is 23.4 Å². The van der Waals surface area contributed by atoms with Crippen LogP contribution in [-0.4, -0.2) is 29.0 Å². The molecule has 3 aromatic carbocycles. The summed E-state index contributed by atoms with van der Waals surface area (Å²) in [7, 11) is 0. The third-order valence-corrected chi connectivity index (χ3v) is 5.16. The number of aryl methyl sites for hydroxylation is 1. The van der Waals surface area contributed by atoms with Gasteiger partial charge in [-0.25, -0.2) is 0 Å². The lowest BCUT2D eigenvalue weighted by Crippen LogP contribution is -2.47. The van der Waals surface area contributed by atoms with Gasteiger partial charge in [-0.15, -0.1) is 0 Å². The number of rotatable bonds is 10. The van der Waals surface area contributed by atoms with Gasteiger partial charge in [0.1, 0.15) is 23.9 Å². The van der Waals surface area contributed by atoms with Crippen LogP contribution in [-0.2, 0) is 19.2 Å². The minimum Gasteiger partial charge on any atom is -0.488 e. The van der Waals surface area contributed by atoms with E-state index >= 15 is 0 Å². The monoisotopic (exact) mass is 461 g/mol. The predicted octanol–water partition coefficient (Wildman–Crippen LogP) is 4.69. The molecule has 0 saturated heterocycles.